The zero-order chi connectivity index (χ0) is 42.3. The van der Waals surface area contributed by atoms with Crippen molar-refractivity contribution in [3.05, 3.63) is 94.7 Å². The van der Waals surface area contributed by atoms with Crippen molar-refractivity contribution in [3.8, 4) is 11.5 Å². The van der Waals surface area contributed by atoms with Crippen LogP contribution >= 0.6 is 11.6 Å². The molecule has 62 heavy (non-hydrogen) atoms. The van der Waals surface area contributed by atoms with Gasteiger partial charge in [0.15, 0.2) is 0 Å². The molecular weight excluding hydrogens is 810 g/mol. The Balaban J connectivity index is 0.762. The van der Waals surface area contributed by atoms with Crippen LogP contribution in [0.3, 0.4) is 0 Å². The number of alkyl halides is 1. The summed E-state index contributed by atoms with van der Waals surface area (Å²) in [6.45, 7) is 2.35. The number of methoxy groups -OCH3 is 1. The third-order valence-electron chi connectivity index (χ3n) is 14.7. The van der Waals surface area contributed by atoms with Crippen LogP contribution in [-0.4, -0.2) is 59.3 Å². The number of benzene rings is 4. The number of amides is 2. The standard InChI is InChI=1S/C49H52ClN3O9/c1-27-14-31-20-40(52-44(31)39(25-54)45(27)57-2)46(55)53-24-32(23-50)43-38-8-4-3-7-37(38)42(21-41(43)53)58-26-28-9-11-35(12-10-28)51-47(56)59-36-6-5-13-48(22-36)60-49(62-61-48)33-16-29-15-30(18-33)19-34(49)17-29/h3-4,7-12,14,20-21,29-30,32-34,36,52,54H,5-6,13,15-19,22-26H2,1-2H3,(H,51,56)/t29?,30?,32?,33?,34?,36?,48-,49?/m1/s1. The fourth-order valence-corrected chi connectivity index (χ4v) is 12.5. The van der Waals surface area contributed by atoms with Crippen LogP contribution in [-0.2, 0) is 32.5 Å². The van der Waals surface area contributed by atoms with Gasteiger partial charge in [0.2, 0.25) is 11.6 Å². The van der Waals surface area contributed by atoms with Crippen LogP contribution in [0.25, 0.3) is 21.7 Å². The third-order valence-corrected chi connectivity index (χ3v) is 15.1. The van der Waals surface area contributed by atoms with Crippen LogP contribution in [0.5, 0.6) is 11.5 Å². The Morgan fingerprint density at radius 2 is 1.74 bits per heavy atom. The maximum atomic E-state index is 14.4. The lowest BCUT2D eigenvalue weighted by molar-refractivity contribution is -0.390. The van der Waals surface area contributed by atoms with Crippen LogP contribution < -0.4 is 19.7 Å². The Hall–Kier alpha value is -4.85. The Morgan fingerprint density at radius 1 is 0.984 bits per heavy atom. The van der Waals surface area contributed by atoms with E-state index in [1.54, 1.807) is 12.0 Å². The van der Waals surface area contributed by atoms with Gasteiger partial charge in [0, 0.05) is 71.1 Å². The smallest absolute Gasteiger partial charge is 0.411 e. The molecule has 2 unspecified atom stereocenters. The highest BCUT2D eigenvalue weighted by molar-refractivity contribution is 6.19. The number of nitrogens with zero attached hydrogens (tertiary/aromatic N) is 1. The van der Waals surface area contributed by atoms with Gasteiger partial charge in [-0.2, -0.15) is 9.78 Å². The van der Waals surface area contributed by atoms with Crippen LogP contribution in [0.15, 0.2) is 66.7 Å². The van der Waals surface area contributed by atoms with E-state index in [1.165, 1.54) is 6.42 Å². The molecule has 4 aromatic carbocycles. The first kappa shape index (κ1) is 40.0. The molecule has 2 amide bonds. The lowest BCUT2D eigenvalue weighted by Gasteiger charge is -2.57. The quantitative estimate of drug-likeness (QED) is 0.0976. The molecule has 3 heterocycles. The summed E-state index contributed by atoms with van der Waals surface area (Å²) in [6, 6.07) is 21.2. The number of H-pyrrole nitrogens is 1. The molecule has 12 nitrogen and oxygen atoms in total. The number of fused-ring (bicyclic) bond motifs is 4. The Labute approximate surface area is 365 Å². The summed E-state index contributed by atoms with van der Waals surface area (Å²) in [5.74, 6) is 2.09. The molecule has 6 fully saturated rings. The molecule has 1 saturated heterocycles. The number of ether oxygens (including phenoxy) is 4. The van der Waals surface area contributed by atoms with Gasteiger partial charge in [0.05, 0.1) is 24.9 Å². The average Bonchev–Trinajstić information content (AvgIpc) is 3.98. The number of aromatic amines is 1. The number of carbonyl (C=O) groups is 2. The number of anilines is 2. The molecule has 5 saturated carbocycles. The maximum Gasteiger partial charge on any atom is 0.411 e. The van der Waals surface area contributed by atoms with Crippen molar-refractivity contribution in [3.63, 3.8) is 0 Å². The molecule has 4 bridgehead atoms. The highest BCUT2D eigenvalue weighted by atomic mass is 35.5. The molecule has 324 valence electrons. The van der Waals surface area contributed by atoms with E-state index in [1.807, 2.05) is 73.7 Å². The SMILES string of the molecule is COc1c(C)cc2cc(C(=O)N3CC(CCl)c4c3cc(OCc3ccc(NC(=O)OC5CCC[C@]6(C5)OOC5(O6)C6CC7CC(C6)CC5C7)cc3)c3ccccc43)[nH]c2c1CO. The summed E-state index contributed by atoms with van der Waals surface area (Å²) in [6.07, 6.45) is 7.82. The third kappa shape index (κ3) is 6.63. The van der Waals surface area contributed by atoms with E-state index in [0.29, 0.717) is 64.6 Å². The van der Waals surface area contributed by atoms with E-state index in [-0.39, 0.29) is 31.1 Å². The molecular formula is C49H52ClN3O9. The van der Waals surface area contributed by atoms with E-state index < -0.39 is 17.7 Å². The molecule has 1 aromatic heterocycles. The second-order valence-electron chi connectivity index (χ2n) is 18.6. The second-order valence-corrected chi connectivity index (χ2v) is 18.9. The minimum Gasteiger partial charge on any atom is -0.496 e. The van der Waals surface area contributed by atoms with Gasteiger partial charge in [-0.15, -0.1) is 11.6 Å². The van der Waals surface area contributed by atoms with E-state index in [2.05, 4.69) is 10.3 Å². The minimum absolute atomic E-state index is 0.0857. The molecule has 12 rings (SSSR count). The summed E-state index contributed by atoms with van der Waals surface area (Å²) in [5, 5.41) is 15.8. The van der Waals surface area contributed by atoms with E-state index in [0.717, 1.165) is 95.3 Å². The fraction of sp³-hybridized carbons (Fsp3) is 0.469. The molecule has 3 atom stereocenters. The van der Waals surface area contributed by atoms with Gasteiger partial charge in [-0.1, -0.05) is 36.4 Å². The summed E-state index contributed by atoms with van der Waals surface area (Å²) in [5.41, 5.74) is 5.80. The van der Waals surface area contributed by atoms with Crippen LogP contribution in [0, 0.1) is 30.6 Å². The summed E-state index contributed by atoms with van der Waals surface area (Å²) < 4.78 is 24.9. The van der Waals surface area contributed by atoms with Gasteiger partial charge in [-0.05, 0) is 110 Å². The van der Waals surface area contributed by atoms with E-state index in [4.69, 9.17) is 40.3 Å². The lowest BCUT2D eigenvalue weighted by Crippen LogP contribution is -2.59. The molecule has 2 spiro atoms. The number of aryl methyl sites for hydroxylation is 1. The van der Waals surface area contributed by atoms with Gasteiger partial charge in [-0.3, -0.25) is 10.1 Å². The Bertz CT molecular complexity index is 2550. The van der Waals surface area contributed by atoms with Gasteiger partial charge >= 0.3 is 6.09 Å². The van der Waals surface area contributed by atoms with Crippen LogP contribution in [0.4, 0.5) is 16.2 Å². The first-order valence-corrected chi connectivity index (χ1v) is 22.7. The lowest BCUT2D eigenvalue weighted by atomic mass is 9.53. The number of aromatic nitrogens is 1. The van der Waals surface area contributed by atoms with Gasteiger partial charge in [0.25, 0.3) is 5.91 Å². The molecule has 2 aliphatic heterocycles. The molecule has 3 N–H and O–H groups in total. The molecule has 7 aliphatic rings. The summed E-state index contributed by atoms with van der Waals surface area (Å²) in [7, 11) is 1.57. The van der Waals surface area contributed by atoms with E-state index >= 15 is 0 Å². The molecule has 5 aromatic rings. The number of rotatable bonds is 9. The second kappa shape index (κ2) is 15.4. The summed E-state index contributed by atoms with van der Waals surface area (Å²) >= 11 is 6.58. The van der Waals surface area contributed by atoms with Gasteiger partial charge in [-0.25, -0.2) is 4.79 Å². The highest BCUT2D eigenvalue weighted by Gasteiger charge is 2.67. The number of carbonyl (C=O) groups excluding carboxylic acids is 2. The molecule has 13 heteroatoms. The predicted molar refractivity (Wildman–Crippen MR) is 233 cm³/mol. The van der Waals surface area contributed by atoms with Crippen molar-refractivity contribution in [2.24, 2.45) is 23.7 Å². The van der Waals surface area contributed by atoms with Crippen molar-refractivity contribution in [1.29, 1.82) is 0 Å². The number of aliphatic hydroxyl groups excluding tert-OH is 1. The van der Waals surface area contributed by atoms with Gasteiger partial charge < -0.3 is 33.9 Å². The number of halogens is 1. The summed E-state index contributed by atoms with van der Waals surface area (Å²) in [4.78, 5) is 44.9. The van der Waals surface area contributed by atoms with Crippen molar-refractivity contribution in [1.82, 2.24) is 4.98 Å². The molecule has 0 radical (unpaired) electrons. The van der Waals surface area contributed by atoms with Gasteiger partial charge in [0.1, 0.15) is 29.9 Å². The minimum atomic E-state index is -0.874. The van der Waals surface area contributed by atoms with Crippen molar-refractivity contribution in [2.75, 3.05) is 29.8 Å². The maximum absolute atomic E-state index is 14.4. The monoisotopic (exact) mass is 861 g/mol. The topological polar surface area (TPSA) is 141 Å². The predicted octanol–water partition coefficient (Wildman–Crippen LogP) is 10.0. The largest absolute Gasteiger partial charge is 0.496 e. The number of nitrogens with one attached hydrogen (secondary N) is 2. The molecule has 5 aliphatic carbocycles. The first-order valence-electron chi connectivity index (χ1n) is 22.2. The van der Waals surface area contributed by atoms with Crippen molar-refractivity contribution in [2.45, 2.75) is 102 Å². The fourth-order valence-electron chi connectivity index (χ4n) is 12.2. The number of aliphatic hydroxyl groups is 1. The Kier molecular flexibility index (Phi) is 9.96. The van der Waals surface area contributed by atoms with E-state index in [9.17, 15) is 14.7 Å². The zero-order valence-corrected chi connectivity index (χ0v) is 35.8. The number of hydrogen-bond acceptors (Lipinski definition) is 9. The van der Waals surface area contributed by atoms with Crippen molar-refractivity contribution < 1.29 is 43.4 Å². The number of hydrogen-bond donors (Lipinski definition) is 3. The highest BCUT2D eigenvalue weighted by Crippen LogP contribution is 2.64. The Morgan fingerprint density at radius 3 is 2.47 bits per heavy atom. The van der Waals surface area contributed by atoms with Crippen LogP contribution in [0.1, 0.15) is 96.4 Å². The average molecular weight is 862 g/mol. The van der Waals surface area contributed by atoms with Crippen LogP contribution in [0.2, 0.25) is 0 Å². The normalized spacial score (nSPS) is 29.5. The first-order chi connectivity index (χ1) is 30.2. The zero-order valence-electron chi connectivity index (χ0n) is 35.0. The van der Waals surface area contributed by atoms with Crippen molar-refractivity contribution >= 4 is 56.7 Å².